The molecular weight excluding hydrogens is 502 g/mol. The van der Waals surface area contributed by atoms with Gasteiger partial charge in [-0.3, -0.25) is 14.6 Å². The van der Waals surface area contributed by atoms with E-state index in [2.05, 4.69) is 20.9 Å². The lowest BCUT2D eigenvalue weighted by molar-refractivity contribution is -0.138. The molecule has 37 heavy (non-hydrogen) atoms. The van der Waals surface area contributed by atoms with Crippen LogP contribution in [0.5, 0.6) is 0 Å². The second-order valence-corrected chi connectivity index (χ2v) is 8.54. The van der Waals surface area contributed by atoms with Crippen molar-refractivity contribution in [1.82, 2.24) is 15.6 Å². The highest BCUT2D eigenvalue weighted by Gasteiger charge is 2.51. The lowest BCUT2D eigenvalue weighted by atomic mass is 10.1. The quantitative estimate of drug-likeness (QED) is 0.361. The zero-order chi connectivity index (χ0) is 26.8. The van der Waals surface area contributed by atoms with Crippen LogP contribution in [0.1, 0.15) is 39.9 Å². The molecule has 0 atom stereocenters. The Balaban J connectivity index is 1.34. The van der Waals surface area contributed by atoms with Crippen molar-refractivity contribution in [2.75, 3.05) is 5.32 Å². The van der Waals surface area contributed by atoms with E-state index in [1.165, 1.54) is 18.2 Å². The number of amides is 2. The van der Waals surface area contributed by atoms with Gasteiger partial charge < -0.3 is 16.0 Å². The predicted octanol–water partition coefficient (Wildman–Crippen LogP) is 5.44. The summed E-state index contributed by atoms with van der Waals surface area (Å²) in [6.07, 6.45) is -6.95. The number of nitrogens with one attached hydrogen (secondary N) is 3. The highest BCUT2D eigenvalue weighted by molar-refractivity contribution is 6.00. The first-order chi connectivity index (χ1) is 17.4. The van der Waals surface area contributed by atoms with Crippen molar-refractivity contribution in [3.05, 3.63) is 89.2 Å². The second kappa shape index (κ2) is 9.75. The monoisotopic (exact) mass is 522 g/mol. The zero-order valence-corrected chi connectivity index (χ0v) is 19.0. The zero-order valence-electron chi connectivity index (χ0n) is 19.0. The van der Waals surface area contributed by atoms with E-state index in [9.17, 15) is 35.9 Å². The van der Waals surface area contributed by atoms with Crippen molar-refractivity contribution in [3.63, 3.8) is 0 Å². The van der Waals surface area contributed by atoms with Crippen molar-refractivity contribution in [1.29, 1.82) is 0 Å². The number of anilines is 2. The van der Waals surface area contributed by atoms with Crippen molar-refractivity contribution >= 4 is 23.2 Å². The Labute approximate surface area is 207 Å². The minimum Gasteiger partial charge on any atom is -0.355 e. The summed E-state index contributed by atoms with van der Waals surface area (Å²) in [5, 5.41) is 7.89. The number of hydrogen-bond donors (Lipinski definition) is 3. The SMILES string of the molecule is O=C(NC1(C(=O)NCc2ccc(Nc3ccccc3C(F)(F)F)cc2)CC1)c1cncc(C(F)(F)F)c1. The van der Waals surface area contributed by atoms with Crippen LogP contribution in [0.15, 0.2) is 67.0 Å². The van der Waals surface area contributed by atoms with E-state index in [-0.39, 0.29) is 17.8 Å². The van der Waals surface area contributed by atoms with E-state index in [1.54, 1.807) is 24.3 Å². The van der Waals surface area contributed by atoms with E-state index in [0.717, 1.165) is 12.3 Å². The number of carbonyl (C=O) groups is 2. The third-order valence-electron chi connectivity index (χ3n) is 5.78. The average Bonchev–Trinajstić information content (AvgIpc) is 3.63. The molecule has 0 unspecified atom stereocenters. The van der Waals surface area contributed by atoms with Gasteiger partial charge in [0.25, 0.3) is 5.91 Å². The van der Waals surface area contributed by atoms with Gasteiger partial charge in [-0.25, -0.2) is 0 Å². The number of halogens is 6. The van der Waals surface area contributed by atoms with E-state index < -0.39 is 40.8 Å². The molecule has 12 heteroatoms. The Morgan fingerprint density at radius 2 is 1.57 bits per heavy atom. The topological polar surface area (TPSA) is 83.1 Å². The van der Waals surface area contributed by atoms with Gasteiger partial charge in [-0.15, -0.1) is 0 Å². The summed E-state index contributed by atoms with van der Waals surface area (Å²) in [6, 6.07) is 12.1. The molecule has 1 aliphatic rings. The number of benzene rings is 2. The number of carbonyl (C=O) groups excluding carboxylic acids is 2. The van der Waals surface area contributed by atoms with Crippen molar-refractivity contribution in [2.24, 2.45) is 0 Å². The summed E-state index contributed by atoms with van der Waals surface area (Å²) >= 11 is 0. The summed E-state index contributed by atoms with van der Waals surface area (Å²) in [4.78, 5) is 28.6. The smallest absolute Gasteiger partial charge is 0.355 e. The van der Waals surface area contributed by atoms with Gasteiger partial charge in [0.05, 0.1) is 22.4 Å². The Morgan fingerprint density at radius 3 is 2.19 bits per heavy atom. The van der Waals surface area contributed by atoms with Crippen LogP contribution in [0.2, 0.25) is 0 Å². The lowest BCUT2D eigenvalue weighted by Gasteiger charge is -2.18. The molecule has 0 spiro atoms. The van der Waals surface area contributed by atoms with Gasteiger partial charge >= 0.3 is 12.4 Å². The molecule has 4 rings (SSSR count). The van der Waals surface area contributed by atoms with Gasteiger partial charge in [-0.05, 0) is 48.7 Å². The van der Waals surface area contributed by atoms with E-state index in [0.29, 0.717) is 36.4 Å². The first kappa shape index (κ1) is 26.0. The third kappa shape index (κ3) is 6.19. The molecule has 194 valence electrons. The maximum Gasteiger partial charge on any atom is 0.418 e. The summed E-state index contributed by atoms with van der Waals surface area (Å²) in [5.41, 5.74) is -2.46. The molecule has 0 saturated heterocycles. The van der Waals surface area contributed by atoms with Gasteiger partial charge in [0, 0.05) is 24.6 Å². The fourth-order valence-electron chi connectivity index (χ4n) is 3.59. The molecule has 0 radical (unpaired) electrons. The van der Waals surface area contributed by atoms with E-state index >= 15 is 0 Å². The second-order valence-electron chi connectivity index (χ2n) is 8.54. The van der Waals surface area contributed by atoms with Gasteiger partial charge in [0.1, 0.15) is 5.54 Å². The molecule has 1 aliphatic carbocycles. The van der Waals surface area contributed by atoms with Crippen molar-refractivity contribution in [3.8, 4) is 0 Å². The minimum absolute atomic E-state index is 0.0704. The van der Waals surface area contributed by atoms with Crippen LogP contribution in [0.4, 0.5) is 37.7 Å². The van der Waals surface area contributed by atoms with Crippen LogP contribution in [-0.2, 0) is 23.7 Å². The predicted molar refractivity (Wildman–Crippen MR) is 122 cm³/mol. The number of nitrogens with zero attached hydrogens (tertiary/aromatic N) is 1. The van der Waals surface area contributed by atoms with Gasteiger partial charge in [0.2, 0.25) is 5.91 Å². The Kier molecular flexibility index (Phi) is 6.85. The fourth-order valence-corrected chi connectivity index (χ4v) is 3.59. The maximum atomic E-state index is 13.2. The van der Waals surface area contributed by atoms with Crippen LogP contribution in [0.3, 0.4) is 0 Å². The van der Waals surface area contributed by atoms with E-state index in [4.69, 9.17) is 0 Å². The van der Waals surface area contributed by atoms with Crippen molar-refractivity contribution in [2.45, 2.75) is 37.3 Å². The largest absolute Gasteiger partial charge is 0.418 e. The first-order valence-corrected chi connectivity index (χ1v) is 11.0. The summed E-state index contributed by atoms with van der Waals surface area (Å²) in [6.45, 7) is 0.0704. The molecule has 0 aliphatic heterocycles. The summed E-state index contributed by atoms with van der Waals surface area (Å²) < 4.78 is 78.2. The number of hydrogen-bond acceptors (Lipinski definition) is 4. The number of aromatic nitrogens is 1. The number of para-hydroxylation sites is 1. The van der Waals surface area contributed by atoms with Crippen LogP contribution >= 0.6 is 0 Å². The molecule has 1 heterocycles. The van der Waals surface area contributed by atoms with Crippen LogP contribution in [-0.4, -0.2) is 22.3 Å². The third-order valence-corrected chi connectivity index (χ3v) is 5.78. The number of rotatable bonds is 7. The molecule has 2 amide bonds. The molecule has 3 N–H and O–H groups in total. The number of pyridine rings is 1. The minimum atomic E-state index is -4.66. The molecule has 6 nitrogen and oxygen atoms in total. The molecule has 3 aromatic rings. The van der Waals surface area contributed by atoms with Gasteiger partial charge in [-0.2, -0.15) is 26.3 Å². The normalized spacial score (nSPS) is 14.5. The van der Waals surface area contributed by atoms with Gasteiger partial charge in [0.15, 0.2) is 0 Å². The summed E-state index contributed by atoms with van der Waals surface area (Å²) in [7, 11) is 0. The lowest BCUT2D eigenvalue weighted by Crippen LogP contribution is -2.48. The average molecular weight is 522 g/mol. The highest BCUT2D eigenvalue weighted by Crippen LogP contribution is 2.37. The number of alkyl halides is 6. The first-order valence-electron chi connectivity index (χ1n) is 11.0. The molecule has 1 fully saturated rings. The molecule has 1 saturated carbocycles. The molecule has 0 bridgehead atoms. The Hall–Kier alpha value is -4.09. The Morgan fingerprint density at radius 1 is 0.892 bits per heavy atom. The van der Waals surface area contributed by atoms with Gasteiger partial charge in [-0.1, -0.05) is 24.3 Å². The van der Waals surface area contributed by atoms with Crippen LogP contribution in [0, 0.1) is 0 Å². The standard InChI is InChI=1S/C25H20F6N4O2/c26-24(27,28)17-11-16(13-32-14-17)21(36)35-23(9-10-23)22(37)33-12-15-5-7-18(8-6-15)34-20-4-2-1-3-19(20)25(29,30)31/h1-8,11,13-14,34H,9-10,12H2,(H,33,37)(H,35,36). The summed E-state index contributed by atoms with van der Waals surface area (Å²) in [5.74, 6) is -1.34. The highest BCUT2D eigenvalue weighted by atomic mass is 19.4. The van der Waals surface area contributed by atoms with E-state index in [1.807, 2.05) is 0 Å². The Bertz CT molecular complexity index is 1300. The fraction of sp³-hybridized carbons (Fsp3) is 0.240. The molecule has 1 aromatic heterocycles. The molecule has 2 aromatic carbocycles. The molecular formula is C25H20F6N4O2. The maximum absolute atomic E-state index is 13.2. The van der Waals surface area contributed by atoms with Crippen molar-refractivity contribution < 1.29 is 35.9 Å². The van der Waals surface area contributed by atoms with Crippen LogP contribution in [0.25, 0.3) is 0 Å². The van der Waals surface area contributed by atoms with Crippen LogP contribution < -0.4 is 16.0 Å².